The molecule has 280 valence electrons. The van der Waals surface area contributed by atoms with E-state index in [0.29, 0.717) is 0 Å². The van der Waals surface area contributed by atoms with E-state index in [1.165, 1.54) is 77.9 Å². The van der Waals surface area contributed by atoms with Gasteiger partial charge in [0.2, 0.25) is 0 Å². The lowest BCUT2D eigenvalue weighted by atomic mass is 9.79. The van der Waals surface area contributed by atoms with E-state index < -0.39 is 0 Å². The molecule has 1 N–H and O–H groups in total. The number of benzene rings is 4. The van der Waals surface area contributed by atoms with E-state index in [2.05, 4.69) is 175 Å². The Bertz CT molecular complexity index is 1950. The van der Waals surface area contributed by atoms with Crippen LogP contribution in [0.15, 0.2) is 71.8 Å². The van der Waals surface area contributed by atoms with Crippen molar-refractivity contribution in [2.24, 2.45) is 0 Å². The monoisotopic (exact) mass is 709 g/mol. The summed E-state index contributed by atoms with van der Waals surface area (Å²) in [6.07, 6.45) is 4.78. The van der Waals surface area contributed by atoms with Crippen LogP contribution in [0.4, 0.5) is 0 Å². The highest BCUT2D eigenvalue weighted by atomic mass is 16.5. The highest BCUT2D eigenvalue weighted by Crippen LogP contribution is 2.53. The van der Waals surface area contributed by atoms with Gasteiger partial charge in [-0.3, -0.25) is 5.32 Å². The summed E-state index contributed by atoms with van der Waals surface area (Å²) in [5.41, 5.74) is 17.5. The summed E-state index contributed by atoms with van der Waals surface area (Å²) in [5.74, 6) is 1.94. The highest BCUT2D eigenvalue weighted by Gasteiger charge is 2.37. The predicted molar refractivity (Wildman–Crippen MR) is 228 cm³/mol. The van der Waals surface area contributed by atoms with Crippen LogP contribution in [0.25, 0.3) is 34.4 Å². The molecule has 0 saturated heterocycles. The molecule has 2 aliphatic rings. The zero-order chi connectivity index (χ0) is 39.0. The largest absolute Gasteiger partial charge is 0.496 e. The Hall–Kier alpha value is -4.08. The first-order chi connectivity index (χ1) is 24.6. The Morgan fingerprint density at radius 1 is 0.472 bits per heavy atom. The number of hydrogen-bond acceptors (Lipinski definition) is 3. The zero-order valence-electron chi connectivity index (χ0n) is 35.4. The van der Waals surface area contributed by atoms with Crippen molar-refractivity contribution in [1.82, 2.24) is 5.32 Å². The molecule has 0 radical (unpaired) electrons. The van der Waals surface area contributed by atoms with Crippen LogP contribution in [0, 0.1) is 0 Å². The fraction of sp³-hybridized carbons (Fsp3) is 0.440. The van der Waals surface area contributed by atoms with Crippen LogP contribution in [0.5, 0.6) is 11.5 Å². The Morgan fingerprint density at radius 3 is 1.06 bits per heavy atom. The molecule has 2 unspecified atom stereocenters. The molecule has 0 saturated carbocycles. The first-order valence-corrected chi connectivity index (χ1v) is 19.4. The molecular formula is C50H63NO2. The molecule has 0 fully saturated rings. The Balaban J connectivity index is 1.52. The molecule has 6 rings (SSSR count). The van der Waals surface area contributed by atoms with Crippen molar-refractivity contribution in [3.05, 3.63) is 116 Å². The number of ether oxygens (including phenoxy) is 2. The van der Waals surface area contributed by atoms with Gasteiger partial charge in [-0.15, -0.1) is 0 Å². The van der Waals surface area contributed by atoms with Crippen LogP contribution in [0.2, 0.25) is 0 Å². The molecule has 0 spiro atoms. The van der Waals surface area contributed by atoms with Gasteiger partial charge in [-0.25, -0.2) is 0 Å². The molecule has 0 amide bonds. The second-order valence-corrected chi connectivity index (χ2v) is 19.6. The van der Waals surface area contributed by atoms with E-state index in [1.807, 2.05) is 14.2 Å². The first kappa shape index (κ1) is 38.6. The molecule has 2 aliphatic carbocycles. The maximum atomic E-state index is 6.32. The smallest absolute Gasteiger partial charge is 0.131 e. The molecule has 0 heterocycles. The zero-order valence-corrected chi connectivity index (χ0v) is 35.4. The van der Waals surface area contributed by atoms with Gasteiger partial charge in [0.05, 0.1) is 26.3 Å². The number of rotatable bonds is 6. The van der Waals surface area contributed by atoms with E-state index in [-0.39, 0.29) is 33.7 Å². The third kappa shape index (κ3) is 7.03. The molecular weight excluding hydrogens is 647 g/mol. The maximum Gasteiger partial charge on any atom is 0.131 e. The predicted octanol–water partition coefficient (Wildman–Crippen LogP) is 13.4. The van der Waals surface area contributed by atoms with Gasteiger partial charge in [0.25, 0.3) is 0 Å². The van der Waals surface area contributed by atoms with Gasteiger partial charge in [0.15, 0.2) is 0 Å². The molecule has 3 heteroatoms. The van der Waals surface area contributed by atoms with Crippen molar-refractivity contribution in [1.29, 1.82) is 0 Å². The van der Waals surface area contributed by atoms with E-state index in [0.717, 1.165) is 11.5 Å². The molecule has 0 aromatic heterocycles. The van der Waals surface area contributed by atoms with Gasteiger partial charge in [0.1, 0.15) is 11.5 Å². The standard InChI is InChI=1S/C50H63NO2/c1-29-25-35-37(27-39(49(9,10)11)45(52-15)41(35)31-17-21-33(22-18-31)47(3,4)5)43(29)51-44-30(2)26-36-38(44)28-40(50(12,13)14)46(53-16)42(36)32-19-23-34(24-20-32)48(6,7)8/h17-28,43-44,51H,1-16H3. The SMILES string of the molecule is COc1c(C(C)(C)C)cc2c(c1-c1ccc(C(C)(C)C)cc1)C=C(C)C2NC1C(C)=Cc2c1cc(C(C)(C)C)c(OC)c2-c1ccc(C(C)(C)C)cc1. The van der Waals surface area contributed by atoms with Crippen molar-refractivity contribution in [3.8, 4) is 33.8 Å². The van der Waals surface area contributed by atoms with Crippen LogP contribution >= 0.6 is 0 Å². The van der Waals surface area contributed by atoms with E-state index in [4.69, 9.17) is 9.47 Å². The molecule has 2 atom stereocenters. The lowest BCUT2D eigenvalue weighted by Crippen LogP contribution is -2.27. The number of nitrogens with one attached hydrogen (secondary N) is 1. The molecule has 0 bridgehead atoms. The Labute approximate surface area is 320 Å². The van der Waals surface area contributed by atoms with Gasteiger partial charge in [0, 0.05) is 22.3 Å². The van der Waals surface area contributed by atoms with Gasteiger partial charge in [-0.1, -0.05) is 155 Å². The molecule has 4 aromatic rings. The number of methoxy groups -OCH3 is 2. The summed E-state index contributed by atoms with van der Waals surface area (Å²) in [6.45, 7) is 31.9. The lowest BCUT2D eigenvalue weighted by molar-refractivity contribution is 0.398. The summed E-state index contributed by atoms with van der Waals surface area (Å²) in [5, 5.41) is 4.22. The van der Waals surface area contributed by atoms with Crippen LogP contribution in [-0.4, -0.2) is 14.2 Å². The van der Waals surface area contributed by atoms with Crippen molar-refractivity contribution >= 4 is 12.2 Å². The summed E-state index contributed by atoms with van der Waals surface area (Å²) < 4.78 is 12.6. The van der Waals surface area contributed by atoms with Crippen molar-refractivity contribution in [3.63, 3.8) is 0 Å². The third-order valence-corrected chi connectivity index (χ3v) is 11.4. The first-order valence-electron chi connectivity index (χ1n) is 19.4. The topological polar surface area (TPSA) is 30.5 Å². The van der Waals surface area contributed by atoms with Crippen molar-refractivity contribution in [2.75, 3.05) is 14.2 Å². The van der Waals surface area contributed by atoms with E-state index >= 15 is 0 Å². The average molecular weight is 710 g/mol. The van der Waals surface area contributed by atoms with Crippen LogP contribution < -0.4 is 14.8 Å². The maximum absolute atomic E-state index is 6.32. The minimum absolute atomic E-state index is 0.0404. The molecule has 4 aromatic carbocycles. The lowest BCUT2D eigenvalue weighted by Gasteiger charge is -2.31. The van der Waals surface area contributed by atoms with E-state index in [9.17, 15) is 0 Å². The van der Waals surface area contributed by atoms with Crippen molar-refractivity contribution in [2.45, 2.75) is 131 Å². The van der Waals surface area contributed by atoms with Gasteiger partial charge in [-0.2, -0.15) is 0 Å². The quantitative estimate of drug-likeness (QED) is 0.216. The second-order valence-electron chi connectivity index (χ2n) is 19.6. The minimum atomic E-state index is -0.118. The normalized spacial score (nSPS) is 17.4. The summed E-state index contributed by atoms with van der Waals surface area (Å²) >= 11 is 0. The fourth-order valence-corrected chi connectivity index (χ4v) is 8.30. The Kier molecular flexibility index (Phi) is 9.73. The second kappa shape index (κ2) is 13.3. The van der Waals surface area contributed by atoms with Crippen LogP contribution in [0.1, 0.15) is 154 Å². The molecule has 53 heavy (non-hydrogen) atoms. The Morgan fingerprint density at radius 2 is 0.792 bits per heavy atom. The number of hydrogen-bond donors (Lipinski definition) is 1. The van der Waals surface area contributed by atoms with Crippen LogP contribution in [0.3, 0.4) is 0 Å². The van der Waals surface area contributed by atoms with Crippen molar-refractivity contribution < 1.29 is 9.47 Å². The summed E-state index contributed by atoms with van der Waals surface area (Å²) in [7, 11) is 3.65. The van der Waals surface area contributed by atoms with Crippen LogP contribution in [-0.2, 0) is 21.7 Å². The highest BCUT2D eigenvalue weighted by molar-refractivity contribution is 5.89. The van der Waals surface area contributed by atoms with Gasteiger partial charge in [-0.05, 0) is 92.1 Å². The summed E-state index contributed by atoms with van der Waals surface area (Å²) in [4.78, 5) is 0. The number of fused-ring (bicyclic) bond motifs is 2. The fourth-order valence-electron chi connectivity index (χ4n) is 8.30. The molecule has 3 nitrogen and oxygen atoms in total. The van der Waals surface area contributed by atoms with Gasteiger partial charge >= 0.3 is 0 Å². The van der Waals surface area contributed by atoms with E-state index in [1.54, 1.807) is 0 Å². The average Bonchev–Trinajstić information content (AvgIpc) is 3.55. The summed E-state index contributed by atoms with van der Waals surface area (Å²) in [6, 6.07) is 23.2. The van der Waals surface area contributed by atoms with Gasteiger partial charge < -0.3 is 9.47 Å². The minimum Gasteiger partial charge on any atom is -0.496 e. The molecule has 0 aliphatic heterocycles. The third-order valence-electron chi connectivity index (χ3n) is 11.4.